The standard InChI is InChI=1S/C16H12IN3O3/c1-23-14-7-6-10(8-12(14)17)9-18-20-15(21)11-4-2-3-5-13(11)19-16(20)22/h2-9H,1H3,(H,19,22). The van der Waals surface area contributed by atoms with Gasteiger partial charge >= 0.3 is 5.69 Å². The van der Waals surface area contributed by atoms with Gasteiger partial charge < -0.3 is 9.72 Å². The van der Waals surface area contributed by atoms with Crippen molar-refractivity contribution < 1.29 is 4.74 Å². The molecule has 0 saturated heterocycles. The predicted octanol–water partition coefficient (Wildman–Crippen LogP) is 2.19. The van der Waals surface area contributed by atoms with Crippen LogP contribution in [0.3, 0.4) is 0 Å². The number of methoxy groups -OCH3 is 1. The number of fused-ring (bicyclic) bond motifs is 1. The van der Waals surface area contributed by atoms with E-state index in [9.17, 15) is 9.59 Å². The first-order valence-electron chi connectivity index (χ1n) is 6.72. The molecule has 0 aliphatic rings. The Morgan fingerprint density at radius 2 is 2.00 bits per heavy atom. The number of rotatable bonds is 3. The van der Waals surface area contributed by atoms with Gasteiger partial charge in [0.1, 0.15) is 5.75 Å². The molecule has 1 N–H and O–H groups in total. The molecule has 1 heterocycles. The summed E-state index contributed by atoms with van der Waals surface area (Å²) in [7, 11) is 1.60. The molecule has 0 amide bonds. The molecule has 3 rings (SSSR count). The zero-order chi connectivity index (χ0) is 16.4. The average Bonchev–Trinajstić information content (AvgIpc) is 2.55. The fourth-order valence-electron chi connectivity index (χ4n) is 2.15. The van der Waals surface area contributed by atoms with Crippen LogP contribution in [0.25, 0.3) is 10.9 Å². The second-order valence-corrected chi connectivity index (χ2v) is 5.89. The van der Waals surface area contributed by atoms with Crippen LogP contribution in [0, 0.1) is 3.57 Å². The third-order valence-electron chi connectivity index (χ3n) is 3.28. The molecule has 0 atom stereocenters. The molecule has 6 nitrogen and oxygen atoms in total. The average molecular weight is 421 g/mol. The molecular weight excluding hydrogens is 409 g/mol. The molecular formula is C16H12IN3O3. The van der Waals surface area contributed by atoms with Crippen LogP contribution in [-0.4, -0.2) is 23.0 Å². The number of benzene rings is 2. The highest BCUT2D eigenvalue weighted by molar-refractivity contribution is 14.1. The maximum Gasteiger partial charge on any atom is 0.349 e. The van der Waals surface area contributed by atoms with Gasteiger partial charge in [0, 0.05) is 0 Å². The minimum atomic E-state index is -0.576. The second kappa shape index (κ2) is 6.37. The Morgan fingerprint density at radius 3 is 2.74 bits per heavy atom. The van der Waals surface area contributed by atoms with E-state index in [2.05, 4.69) is 32.7 Å². The number of ether oxygens (including phenoxy) is 1. The molecule has 0 fully saturated rings. The van der Waals surface area contributed by atoms with Gasteiger partial charge in [0.05, 0.1) is 27.8 Å². The van der Waals surface area contributed by atoms with Crippen molar-refractivity contribution in [2.45, 2.75) is 0 Å². The van der Waals surface area contributed by atoms with Crippen molar-refractivity contribution in [3.8, 4) is 5.75 Å². The Labute approximate surface area is 144 Å². The van der Waals surface area contributed by atoms with Crippen LogP contribution in [-0.2, 0) is 0 Å². The van der Waals surface area contributed by atoms with Crippen molar-refractivity contribution in [2.24, 2.45) is 5.10 Å². The molecule has 0 bridgehead atoms. The minimum Gasteiger partial charge on any atom is -0.496 e. The van der Waals surface area contributed by atoms with Gasteiger partial charge in [-0.1, -0.05) is 12.1 Å². The summed E-state index contributed by atoms with van der Waals surface area (Å²) >= 11 is 2.14. The van der Waals surface area contributed by atoms with Gasteiger partial charge in [0.2, 0.25) is 0 Å². The Balaban J connectivity index is 2.06. The van der Waals surface area contributed by atoms with E-state index < -0.39 is 11.2 Å². The van der Waals surface area contributed by atoms with Crippen molar-refractivity contribution in [3.05, 3.63) is 72.4 Å². The van der Waals surface area contributed by atoms with Crippen LogP contribution in [0.4, 0.5) is 0 Å². The molecule has 23 heavy (non-hydrogen) atoms. The zero-order valence-corrected chi connectivity index (χ0v) is 14.3. The van der Waals surface area contributed by atoms with Gasteiger partial charge in [-0.05, 0) is 58.5 Å². The highest BCUT2D eigenvalue weighted by Gasteiger charge is 2.06. The zero-order valence-electron chi connectivity index (χ0n) is 12.1. The van der Waals surface area contributed by atoms with E-state index in [4.69, 9.17) is 4.74 Å². The number of hydrogen-bond donors (Lipinski definition) is 1. The number of nitrogens with one attached hydrogen (secondary N) is 1. The van der Waals surface area contributed by atoms with Gasteiger partial charge in [-0.15, -0.1) is 4.68 Å². The normalized spacial score (nSPS) is 11.2. The first-order valence-corrected chi connectivity index (χ1v) is 7.80. The third kappa shape index (κ3) is 3.04. The number of aromatic nitrogens is 2. The number of halogens is 1. The van der Waals surface area contributed by atoms with E-state index in [1.54, 1.807) is 43.5 Å². The summed E-state index contributed by atoms with van der Waals surface area (Å²) in [5.74, 6) is 0.753. The van der Waals surface area contributed by atoms with Gasteiger partial charge in [-0.3, -0.25) is 4.79 Å². The highest BCUT2D eigenvalue weighted by atomic mass is 127. The van der Waals surface area contributed by atoms with Gasteiger partial charge in [0.25, 0.3) is 5.56 Å². The van der Waals surface area contributed by atoms with E-state index in [0.717, 1.165) is 19.6 Å². The number of para-hydroxylation sites is 1. The van der Waals surface area contributed by atoms with E-state index in [0.29, 0.717) is 10.9 Å². The lowest BCUT2D eigenvalue weighted by Crippen LogP contribution is -2.32. The van der Waals surface area contributed by atoms with E-state index in [1.165, 1.54) is 6.21 Å². The lowest BCUT2D eigenvalue weighted by molar-refractivity contribution is 0.412. The Kier molecular flexibility index (Phi) is 4.28. The topological polar surface area (TPSA) is 76.5 Å². The Bertz CT molecular complexity index is 1020. The molecule has 0 radical (unpaired) electrons. The van der Waals surface area contributed by atoms with Crippen LogP contribution in [0.15, 0.2) is 57.2 Å². The minimum absolute atomic E-state index is 0.411. The number of H-pyrrole nitrogens is 1. The fourth-order valence-corrected chi connectivity index (χ4v) is 2.90. The number of nitrogens with zero attached hydrogens (tertiary/aromatic N) is 2. The van der Waals surface area contributed by atoms with Gasteiger partial charge in [-0.2, -0.15) is 5.10 Å². The summed E-state index contributed by atoms with van der Waals surface area (Å²) in [6, 6.07) is 12.3. The smallest absolute Gasteiger partial charge is 0.349 e. The highest BCUT2D eigenvalue weighted by Crippen LogP contribution is 2.20. The van der Waals surface area contributed by atoms with Crippen LogP contribution < -0.4 is 16.0 Å². The second-order valence-electron chi connectivity index (χ2n) is 4.73. The molecule has 2 aromatic carbocycles. The quantitative estimate of drug-likeness (QED) is 0.521. The molecule has 0 aliphatic carbocycles. The molecule has 7 heteroatoms. The molecule has 116 valence electrons. The van der Waals surface area contributed by atoms with E-state index >= 15 is 0 Å². The first kappa shape index (κ1) is 15.5. The summed E-state index contributed by atoms with van der Waals surface area (Å²) in [5.41, 5.74) is 0.222. The monoisotopic (exact) mass is 421 g/mol. The maximum absolute atomic E-state index is 12.3. The lowest BCUT2D eigenvalue weighted by atomic mass is 10.2. The summed E-state index contributed by atoms with van der Waals surface area (Å²) in [4.78, 5) is 27.0. The third-order valence-corrected chi connectivity index (χ3v) is 4.12. The van der Waals surface area contributed by atoms with Crippen molar-refractivity contribution in [3.63, 3.8) is 0 Å². The van der Waals surface area contributed by atoms with Gasteiger partial charge in [0.15, 0.2) is 0 Å². The van der Waals surface area contributed by atoms with Crippen LogP contribution in [0.2, 0.25) is 0 Å². The summed E-state index contributed by atoms with van der Waals surface area (Å²) < 4.78 is 6.92. The molecule has 0 saturated carbocycles. The first-order chi connectivity index (χ1) is 11.1. The molecule has 0 unspecified atom stereocenters. The molecule has 3 aromatic rings. The lowest BCUT2D eigenvalue weighted by Gasteiger charge is -2.03. The van der Waals surface area contributed by atoms with Crippen molar-refractivity contribution in [1.82, 2.24) is 9.66 Å². The summed E-state index contributed by atoms with van der Waals surface area (Å²) in [6.07, 6.45) is 1.47. The van der Waals surface area contributed by atoms with E-state index in [-0.39, 0.29) is 0 Å². The molecule has 0 aliphatic heterocycles. The van der Waals surface area contributed by atoms with Crippen LogP contribution in [0.1, 0.15) is 5.56 Å². The Hall–Kier alpha value is -2.42. The SMILES string of the molecule is COc1ccc(C=Nn2c(=O)[nH]c3ccccc3c2=O)cc1I. The number of aromatic amines is 1. The summed E-state index contributed by atoms with van der Waals surface area (Å²) in [5, 5.41) is 4.42. The maximum atomic E-state index is 12.3. The molecule has 1 aromatic heterocycles. The number of hydrogen-bond acceptors (Lipinski definition) is 4. The van der Waals surface area contributed by atoms with Crippen molar-refractivity contribution >= 4 is 39.7 Å². The van der Waals surface area contributed by atoms with Crippen LogP contribution >= 0.6 is 22.6 Å². The molecule has 0 spiro atoms. The fraction of sp³-hybridized carbons (Fsp3) is 0.0625. The van der Waals surface area contributed by atoms with Crippen molar-refractivity contribution in [1.29, 1.82) is 0 Å². The Morgan fingerprint density at radius 1 is 1.22 bits per heavy atom. The predicted molar refractivity (Wildman–Crippen MR) is 97.5 cm³/mol. The van der Waals surface area contributed by atoms with Crippen molar-refractivity contribution in [2.75, 3.05) is 7.11 Å². The summed E-state index contributed by atoms with van der Waals surface area (Å²) in [6.45, 7) is 0. The van der Waals surface area contributed by atoms with Crippen LogP contribution in [0.5, 0.6) is 5.75 Å². The van der Waals surface area contributed by atoms with Gasteiger partial charge in [-0.25, -0.2) is 4.79 Å². The van der Waals surface area contributed by atoms with E-state index in [1.807, 2.05) is 6.07 Å². The largest absolute Gasteiger partial charge is 0.496 e.